The maximum absolute atomic E-state index is 5.23. The molecule has 7 heteroatoms. The molecule has 3 aromatic rings. The molecule has 0 amide bonds. The Hall–Kier alpha value is -2.67. The van der Waals surface area contributed by atoms with E-state index in [4.69, 9.17) is 17.0 Å². The summed E-state index contributed by atoms with van der Waals surface area (Å²) in [7, 11) is 1.67. The van der Waals surface area contributed by atoms with Crippen molar-refractivity contribution in [3.8, 4) is 11.4 Å². The van der Waals surface area contributed by atoms with Gasteiger partial charge in [-0.1, -0.05) is 6.92 Å². The average molecular weight is 355 g/mol. The van der Waals surface area contributed by atoms with Gasteiger partial charge in [-0.15, -0.1) is 0 Å². The first-order valence-electron chi connectivity index (χ1n) is 8.09. The quantitative estimate of drug-likeness (QED) is 0.559. The Morgan fingerprint density at radius 2 is 2.00 bits per heavy atom. The van der Waals surface area contributed by atoms with Gasteiger partial charge in [0.05, 0.1) is 13.3 Å². The number of nitrogens with zero attached hydrogens (tertiary/aromatic N) is 4. The van der Waals surface area contributed by atoms with Crippen molar-refractivity contribution in [3.63, 3.8) is 0 Å². The summed E-state index contributed by atoms with van der Waals surface area (Å²) in [6, 6.07) is 10.1. The van der Waals surface area contributed by atoms with Gasteiger partial charge in [0.1, 0.15) is 5.75 Å². The fraction of sp³-hybridized carbons (Fsp3) is 0.278. The summed E-state index contributed by atoms with van der Waals surface area (Å²) >= 11 is 5.23. The minimum Gasteiger partial charge on any atom is -0.497 e. The van der Waals surface area contributed by atoms with Crippen LogP contribution in [0.15, 0.2) is 35.4 Å². The zero-order chi connectivity index (χ0) is 18.0. The van der Waals surface area contributed by atoms with Crippen molar-refractivity contribution in [1.29, 1.82) is 0 Å². The van der Waals surface area contributed by atoms with Crippen LogP contribution in [0.1, 0.15) is 29.7 Å². The monoisotopic (exact) mass is 355 g/mol. The van der Waals surface area contributed by atoms with Gasteiger partial charge in [0, 0.05) is 29.1 Å². The van der Waals surface area contributed by atoms with Crippen LogP contribution in [0.2, 0.25) is 0 Å². The lowest BCUT2D eigenvalue weighted by atomic mass is 10.2. The molecule has 25 heavy (non-hydrogen) atoms. The maximum atomic E-state index is 5.23. The van der Waals surface area contributed by atoms with Gasteiger partial charge in [-0.25, -0.2) is 0 Å². The van der Waals surface area contributed by atoms with Crippen molar-refractivity contribution in [2.24, 2.45) is 5.10 Å². The molecule has 0 aliphatic carbocycles. The molecule has 0 bridgehead atoms. The average Bonchev–Trinajstić information content (AvgIpc) is 3.12. The number of benzene rings is 1. The number of aromatic nitrogens is 4. The molecule has 0 atom stereocenters. The fourth-order valence-corrected chi connectivity index (χ4v) is 3.04. The fourth-order valence-electron chi connectivity index (χ4n) is 2.84. The highest BCUT2D eigenvalue weighted by Gasteiger charge is 2.10. The predicted molar refractivity (Wildman–Crippen MR) is 102 cm³/mol. The highest BCUT2D eigenvalue weighted by Crippen LogP contribution is 2.22. The Bertz CT molecular complexity index is 963. The molecular weight excluding hydrogens is 334 g/mol. The number of aryl methyl sites for hydroxylation is 2. The van der Waals surface area contributed by atoms with Gasteiger partial charge < -0.3 is 9.30 Å². The standard InChI is InChI=1S/C18H21N5OS/c1-5-17-20-21-18(25)23(17)19-11-14-10-12(2)22(13(14)3)15-6-8-16(24-4)9-7-15/h6-11H,5H2,1-4H3,(H,21,25)/b19-11+. The van der Waals surface area contributed by atoms with Gasteiger partial charge in [0.15, 0.2) is 5.82 Å². The molecule has 3 rings (SSSR count). The van der Waals surface area contributed by atoms with E-state index in [1.165, 1.54) is 0 Å². The van der Waals surface area contributed by atoms with E-state index in [1.807, 2.05) is 37.4 Å². The van der Waals surface area contributed by atoms with Crippen molar-refractivity contribution in [2.75, 3.05) is 7.11 Å². The lowest BCUT2D eigenvalue weighted by Gasteiger charge is -2.10. The number of nitrogens with one attached hydrogen (secondary N) is 1. The Balaban J connectivity index is 1.98. The molecular formula is C18H21N5OS. The molecule has 1 N–H and O–H groups in total. The Morgan fingerprint density at radius 3 is 2.64 bits per heavy atom. The van der Waals surface area contributed by atoms with Gasteiger partial charge in [-0.3, -0.25) is 5.10 Å². The summed E-state index contributed by atoms with van der Waals surface area (Å²) < 4.78 is 9.58. The summed E-state index contributed by atoms with van der Waals surface area (Å²) in [6.45, 7) is 6.18. The summed E-state index contributed by atoms with van der Waals surface area (Å²) in [5.74, 6) is 1.65. The second kappa shape index (κ2) is 7.06. The van der Waals surface area contributed by atoms with E-state index >= 15 is 0 Å². The number of H-pyrrole nitrogens is 1. The van der Waals surface area contributed by atoms with Crippen LogP contribution in [-0.2, 0) is 6.42 Å². The van der Waals surface area contributed by atoms with E-state index in [-0.39, 0.29) is 0 Å². The van der Waals surface area contributed by atoms with Gasteiger partial charge in [0.2, 0.25) is 4.77 Å². The topological polar surface area (TPSA) is 60.1 Å². The van der Waals surface area contributed by atoms with Crippen LogP contribution in [-0.4, -0.2) is 32.8 Å². The van der Waals surface area contributed by atoms with Gasteiger partial charge in [-0.05, 0) is 56.4 Å². The first kappa shape index (κ1) is 17.2. The maximum Gasteiger partial charge on any atom is 0.216 e. The molecule has 1 aromatic carbocycles. The molecule has 6 nitrogen and oxygen atoms in total. The number of methoxy groups -OCH3 is 1. The van der Waals surface area contributed by atoms with Crippen LogP contribution in [0, 0.1) is 18.6 Å². The van der Waals surface area contributed by atoms with E-state index in [1.54, 1.807) is 11.8 Å². The van der Waals surface area contributed by atoms with Crippen LogP contribution in [0.3, 0.4) is 0 Å². The van der Waals surface area contributed by atoms with Crippen LogP contribution < -0.4 is 4.74 Å². The third kappa shape index (κ3) is 3.28. The number of rotatable bonds is 5. The van der Waals surface area contributed by atoms with E-state index in [9.17, 15) is 0 Å². The van der Waals surface area contributed by atoms with Crippen LogP contribution >= 0.6 is 12.2 Å². The molecule has 0 aliphatic rings. The minimum atomic E-state index is 0.497. The molecule has 0 aliphatic heterocycles. The number of aromatic amines is 1. The second-order valence-electron chi connectivity index (χ2n) is 5.71. The van der Waals surface area contributed by atoms with Gasteiger partial charge >= 0.3 is 0 Å². The zero-order valence-electron chi connectivity index (χ0n) is 14.8. The summed E-state index contributed by atoms with van der Waals surface area (Å²) in [5.41, 5.74) is 4.37. The number of hydrogen-bond acceptors (Lipinski definition) is 4. The highest BCUT2D eigenvalue weighted by molar-refractivity contribution is 7.71. The summed E-state index contributed by atoms with van der Waals surface area (Å²) in [6.07, 6.45) is 2.59. The van der Waals surface area contributed by atoms with Crippen molar-refractivity contribution in [3.05, 3.63) is 57.9 Å². The molecule has 0 radical (unpaired) electrons. The zero-order valence-corrected chi connectivity index (χ0v) is 15.6. The predicted octanol–water partition coefficient (Wildman–Crippen LogP) is 3.80. The first-order chi connectivity index (χ1) is 12.0. The summed E-state index contributed by atoms with van der Waals surface area (Å²) in [4.78, 5) is 0. The molecule has 2 heterocycles. The number of ether oxygens (including phenoxy) is 1. The smallest absolute Gasteiger partial charge is 0.216 e. The van der Waals surface area contributed by atoms with Crippen molar-refractivity contribution in [1.82, 2.24) is 19.4 Å². The van der Waals surface area contributed by atoms with Crippen molar-refractivity contribution in [2.45, 2.75) is 27.2 Å². The molecule has 130 valence electrons. The molecule has 0 fully saturated rings. The molecule has 0 spiro atoms. The summed E-state index contributed by atoms with van der Waals surface area (Å²) in [5, 5.41) is 11.5. The van der Waals surface area contributed by atoms with Crippen molar-refractivity contribution < 1.29 is 4.74 Å². The first-order valence-corrected chi connectivity index (χ1v) is 8.50. The van der Waals surface area contributed by atoms with Gasteiger partial charge in [0.25, 0.3) is 0 Å². The Morgan fingerprint density at radius 1 is 1.28 bits per heavy atom. The minimum absolute atomic E-state index is 0.497. The Kier molecular flexibility index (Phi) is 4.85. The van der Waals surface area contributed by atoms with E-state index in [2.05, 4.69) is 39.8 Å². The SMILES string of the molecule is CCc1n[nH]c(=S)n1/N=C/c1cc(C)n(-c2ccc(OC)cc2)c1C. The normalized spacial score (nSPS) is 11.4. The molecule has 0 saturated heterocycles. The lowest BCUT2D eigenvalue weighted by Crippen LogP contribution is -2.00. The largest absolute Gasteiger partial charge is 0.497 e. The van der Waals surface area contributed by atoms with Crippen LogP contribution in [0.4, 0.5) is 0 Å². The third-order valence-electron chi connectivity index (χ3n) is 4.15. The molecule has 0 saturated carbocycles. The van der Waals surface area contributed by atoms with Crippen molar-refractivity contribution >= 4 is 18.4 Å². The van der Waals surface area contributed by atoms with Gasteiger partial charge in [-0.2, -0.15) is 14.9 Å². The molecule has 0 unspecified atom stereocenters. The second-order valence-corrected chi connectivity index (χ2v) is 6.10. The number of hydrogen-bond donors (Lipinski definition) is 1. The Labute approximate surface area is 151 Å². The highest BCUT2D eigenvalue weighted by atomic mass is 32.1. The lowest BCUT2D eigenvalue weighted by molar-refractivity contribution is 0.414. The van der Waals surface area contributed by atoms with E-state index in [0.29, 0.717) is 4.77 Å². The third-order valence-corrected chi connectivity index (χ3v) is 4.41. The van der Waals surface area contributed by atoms with Crippen LogP contribution in [0.5, 0.6) is 5.75 Å². The van der Waals surface area contributed by atoms with E-state index in [0.717, 1.165) is 40.6 Å². The van der Waals surface area contributed by atoms with E-state index < -0.39 is 0 Å². The molecule has 2 aromatic heterocycles. The van der Waals surface area contributed by atoms with Crippen LogP contribution in [0.25, 0.3) is 5.69 Å².